The molecule has 27 heavy (non-hydrogen) atoms. The molecule has 4 heterocycles. The van der Waals surface area contributed by atoms with Crippen LogP contribution in [0.3, 0.4) is 0 Å². The second-order valence-electron chi connectivity index (χ2n) is 5.82. The van der Waals surface area contributed by atoms with Gasteiger partial charge in [0.2, 0.25) is 11.7 Å². The number of carbonyl (C=O) groups excluding carboxylic acids is 1. The molecule has 1 N–H and O–H groups in total. The number of imidazole rings is 1. The van der Waals surface area contributed by atoms with Crippen LogP contribution in [0.4, 0.5) is 0 Å². The van der Waals surface area contributed by atoms with Gasteiger partial charge in [0.1, 0.15) is 23.8 Å². The normalized spacial score (nSPS) is 10.9. The summed E-state index contributed by atoms with van der Waals surface area (Å²) >= 11 is 0. The quantitative estimate of drug-likeness (QED) is 0.558. The number of pyridine rings is 1. The summed E-state index contributed by atoms with van der Waals surface area (Å²) in [5, 5.41) is 6.77. The molecule has 4 rings (SSSR count). The van der Waals surface area contributed by atoms with E-state index in [-0.39, 0.29) is 12.5 Å². The zero-order valence-electron chi connectivity index (χ0n) is 14.5. The number of amides is 1. The molecule has 0 saturated carbocycles. The Morgan fingerprint density at radius 1 is 1.22 bits per heavy atom. The third-order valence-electron chi connectivity index (χ3n) is 3.91. The van der Waals surface area contributed by atoms with E-state index in [0.717, 1.165) is 5.56 Å². The number of hydrogen-bond donors (Lipinski definition) is 1. The highest BCUT2D eigenvalue weighted by atomic mass is 16.5. The molecule has 0 aliphatic rings. The molecule has 4 aromatic rings. The zero-order valence-corrected chi connectivity index (χ0v) is 14.5. The molecule has 0 fully saturated rings. The van der Waals surface area contributed by atoms with E-state index in [0.29, 0.717) is 35.5 Å². The van der Waals surface area contributed by atoms with Gasteiger partial charge in [0.25, 0.3) is 5.89 Å². The van der Waals surface area contributed by atoms with Crippen LogP contribution in [-0.2, 0) is 17.9 Å². The van der Waals surface area contributed by atoms with Crippen LogP contribution in [0.2, 0.25) is 0 Å². The summed E-state index contributed by atoms with van der Waals surface area (Å²) in [7, 11) is 0. The average Bonchev–Trinajstić information content (AvgIpc) is 3.43. The molecule has 1 amide bonds. The fourth-order valence-corrected chi connectivity index (χ4v) is 2.52. The Labute approximate surface area is 154 Å². The molecule has 0 aromatic carbocycles. The number of aromatic nitrogens is 5. The van der Waals surface area contributed by atoms with Gasteiger partial charge in [-0.25, -0.2) is 4.98 Å². The van der Waals surface area contributed by atoms with Crippen molar-refractivity contribution in [2.45, 2.75) is 20.0 Å². The van der Waals surface area contributed by atoms with Gasteiger partial charge < -0.3 is 18.8 Å². The van der Waals surface area contributed by atoms with Crippen LogP contribution >= 0.6 is 0 Å². The highest BCUT2D eigenvalue weighted by molar-refractivity contribution is 5.75. The predicted octanol–water partition coefficient (Wildman–Crippen LogP) is 2.21. The number of carbonyl (C=O) groups is 1. The van der Waals surface area contributed by atoms with Crippen LogP contribution in [0.15, 0.2) is 58.1 Å². The van der Waals surface area contributed by atoms with Gasteiger partial charge >= 0.3 is 0 Å². The molecular weight excluding hydrogens is 348 g/mol. The van der Waals surface area contributed by atoms with E-state index >= 15 is 0 Å². The van der Waals surface area contributed by atoms with Gasteiger partial charge in [-0.05, 0) is 31.2 Å². The summed E-state index contributed by atoms with van der Waals surface area (Å²) in [6, 6.07) is 7.14. The Morgan fingerprint density at radius 2 is 2.07 bits per heavy atom. The number of aryl methyl sites for hydroxylation is 1. The largest absolute Gasteiger partial charge is 0.467 e. The van der Waals surface area contributed by atoms with Crippen LogP contribution in [0.25, 0.3) is 23.0 Å². The monoisotopic (exact) mass is 364 g/mol. The number of nitrogens with zero attached hydrogens (tertiary/aromatic N) is 5. The Kier molecular flexibility index (Phi) is 4.48. The predicted molar refractivity (Wildman–Crippen MR) is 94.0 cm³/mol. The molecule has 0 aliphatic heterocycles. The van der Waals surface area contributed by atoms with Crippen LogP contribution in [0.1, 0.15) is 11.6 Å². The van der Waals surface area contributed by atoms with Gasteiger partial charge in [0.05, 0.1) is 12.8 Å². The van der Waals surface area contributed by atoms with Crippen molar-refractivity contribution < 1.29 is 13.7 Å². The lowest BCUT2D eigenvalue weighted by Gasteiger charge is -2.05. The van der Waals surface area contributed by atoms with E-state index < -0.39 is 0 Å². The van der Waals surface area contributed by atoms with Crippen LogP contribution in [0, 0.1) is 6.92 Å². The second-order valence-corrected chi connectivity index (χ2v) is 5.82. The lowest BCUT2D eigenvalue weighted by atomic mass is 10.3. The Bertz CT molecular complexity index is 1040. The number of rotatable bonds is 6. The van der Waals surface area contributed by atoms with Crippen molar-refractivity contribution in [3.8, 4) is 23.0 Å². The van der Waals surface area contributed by atoms with Gasteiger partial charge in [-0.1, -0.05) is 5.16 Å². The van der Waals surface area contributed by atoms with Crippen molar-refractivity contribution in [3.05, 3.63) is 60.7 Å². The Balaban J connectivity index is 1.45. The van der Waals surface area contributed by atoms with Gasteiger partial charge in [0, 0.05) is 24.2 Å². The molecule has 9 heteroatoms. The Hall–Kier alpha value is -3.75. The van der Waals surface area contributed by atoms with Crippen LogP contribution in [0.5, 0.6) is 0 Å². The maximum Gasteiger partial charge on any atom is 0.258 e. The minimum atomic E-state index is -0.149. The lowest BCUT2D eigenvalue weighted by Crippen LogP contribution is -2.27. The standard InChI is InChI=1S/C18H16N6O3/c1-12-21-15(17-22-18(27-23-17)13-4-6-19-7-5-13)10-24(12)11-16(25)20-9-14-3-2-8-26-14/h2-8,10H,9,11H2,1H3,(H,20,25). The van der Waals surface area contributed by atoms with Crippen molar-refractivity contribution >= 4 is 5.91 Å². The molecule has 0 aliphatic carbocycles. The molecule has 0 radical (unpaired) electrons. The molecule has 0 saturated heterocycles. The van der Waals surface area contributed by atoms with E-state index in [4.69, 9.17) is 8.94 Å². The third kappa shape index (κ3) is 3.76. The number of furan rings is 1. The van der Waals surface area contributed by atoms with Crippen molar-refractivity contribution in [3.63, 3.8) is 0 Å². The maximum atomic E-state index is 12.1. The summed E-state index contributed by atoms with van der Waals surface area (Å²) in [4.78, 5) is 24.9. The summed E-state index contributed by atoms with van der Waals surface area (Å²) in [6.45, 7) is 2.29. The molecule has 0 bridgehead atoms. The summed E-state index contributed by atoms with van der Waals surface area (Å²) < 4.78 is 12.2. The summed E-state index contributed by atoms with van der Waals surface area (Å²) in [5.41, 5.74) is 1.31. The molecule has 0 unspecified atom stereocenters. The van der Waals surface area contributed by atoms with Gasteiger partial charge in [-0.2, -0.15) is 4.98 Å². The lowest BCUT2D eigenvalue weighted by molar-refractivity contribution is -0.121. The van der Waals surface area contributed by atoms with E-state index in [1.54, 1.807) is 53.7 Å². The Morgan fingerprint density at radius 3 is 2.85 bits per heavy atom. The molecule has 4 aromatic heterocycles. The summed E-state index contributed by atoms with van der Waals surface area (Å²) in [5.74, 6) is 1.97. The topological polar surface area (TPSA) is 112 Å². The minimum absolute atomic E-state index is 0.134. The van der Waals surface area contributed by atoms with Crippen molar-refractivity contribution in [2.24, 2.45) is 0 Å². The first-order valence-corrected chi connectivity index (χ1v) is 8.26. The maximum absolute atomic E-state index is 12.1. The van der Waals surface area contributed by atoms with Gasteiger partial charge in [0.15, 0.2) is 0 Å². The molecule has 0 atom stereocenters. The molecule has 9 nitrogen and oxygen atoms in total. The van der Waals surface area contributed by atoms with E-state index in [2.05, 4.69) is 25.4 Å². The SMILES string of the molecule is Cc1nc(-c2noc(-c3ccncc3)n2)cn1CC(=O)NCc1ccco1. The fourth-order valence-electron chi connectivity index (χ4n) is 2.52. The second kappa shape index (κ2) is 7.24. The summed E-state index contributed by atoms with van der Waals surface area (Å²) in [6.07, 6.45) is 6.60. The molecule has 136 valence electrons. The zero-order chi connectivity index (χ0) is 18.6. The first-order valence-electron chi connectivity index (χ1n) is 8.26. The van der Waals surface area contributed by atoms with E-state index in [1.165, 1.54) is 0 Å². The molecular formula is C18H16N6O3. The molecule has 0 spiro atoms. The van der Waals surface area contributed by atoms with Crippen LogP contribution < -0.4 is 5.32 Å². The smallest absolute Gasteiger partial charge is 0.258 e. The first-order chi connectivity index (χ1) is 13.2. The van der Waals surface area contributed by atoms with Crippen molar-refractivity contribution in [1.82, 2.24) is 30.0 Å². The van der Waals surface area contributed by atoms with E-state index in [1.807, 2.05) is 6.92 Å². The van der Waals surface area contributed by atoms with E-state index in [9.17, 15) is 4.79 Å². The van der Waals surface area contributed by atoms with Crippen LogP contribution in [-0.4, -0.2) is 30.6 Å². The van der Waals surface area contributed by atoms with Crippen molar-refractivity contribution in [1.29, 1.82) is 0 Å². The first kappa shape index (κ1) is 16.7. The third-order valence-corrected chi connectivity index (χ3v) is 3.91. The van der Waals surface area contributed by atoms with Gasteiger partial charge in [-0.15, -0.1) is 0 Å². The van der Waals surface area contributed by atoms with Gasteiger partial charge in [-0.3, -0.25) is 9.78 Å². The average molecular weight is 364 g/mol. The number of hydrogen-bond acceptors (Lipinski definition) is 7. The van der Waals surface area contributed by atoms with Crippen molar-refractivity contribution in [2.75, 3.05) is 0 Å². The minimum Gasteiger partial charge on any atom is -0.467 e. The fraction of sp³-hybridized carbons (Fsp3) is 0.167. The number of nitrogens with one attached hydrogen (secondary N) is 1. The highest BCUT2D eigenvalue weighted by Gasteiger charge is 2.15. The highest BCUT2D eigenvalue weighted by Crippen LogP contribution is 2.21.